The summed E-state index contributed by atoms with van der Waals surface area (Å²) >= 11 is 0. The molecule has 1 aliphatic carbocycles. The van der Waals surface area contributed by atoms with Crippen LogP contribution in [0.3, 0.4) is 0 Å². The first-order valence-corrected chi connectivity index (χ1v) is 12.5. The van der Waals surface area contributed by atoms with Gasteiger partial charge in [0.25, 0.3) is 0 Å². The molecule has 3 aromatic carbocycles. The Balaban J connectivity index is 1.57. The average molecular weight is 519 g/mol. The number of carbonyl (C=O) groups excluding carboxylic acids is 3. The molecule has 5 rings (SSSR count). The van der Waals surface area contributed by atoms with Gasteiger partial charge in [0.05, 0.1) is 23.0 Å². The maximum Gasteiger partial charge on any atom is 0.338 e. The first kappa shape index (κ1) is 25.6. The number of aromatic nitrogens is 2. The van der Waals surface area contributed by atoms with Gasteiger partial charge < -0.3 is 10.1 Å². The van der Waals surface area contributed by atoms with Crippen LogP contribution in [0.15, 0.2) is 78.9 Å². The number of ketones is 1. The summed E-state index contributed by atoms with van der Waals surface area (Å²) in [6.07, 6.45) is 0.367. The smallest absolute Gasteiger partial charge is 0.338 e. The molecule has 0 aliphatic heterocycles. The van der Waals surface area contributed by atoms with E-state index in [4.69, 9.17) is 4.74 Å². The maximum absolute atomic E-state index is 13.7. The molecule has 1 aliphatic rings. The van der Waals surface area contributed by atoms with Gasteiger partial charge in [0.1, 0.15) is 11.3 Å². The fourth-order valence-electron chi connectivity index (χ4n) is 4.56. The number of Topliss-reactive ketones (excluding diaryl/α,β-unsaturated/α-hetero) is 1. The van der Waals surface area contributed by atoms with Crippen LogP contribution < -0.4 is 5.32 Å². The van der Waals surface area contributed by atoms with Crippen molar-refractivity contribution in [2.45, 2.75) is 32.8 Å². The zero-order chi connectivity index (χ0) is 27.7. The predicted molar refractivity (Wildman–Crippen MR) is 145 cm³/mol. The molecule has 0 saturated heterocycles. The van der Waals surface area contributed by atoms with Crippen molar-refractivity contribution in [2.24, 2.45) is 5.92 Å². The lowest BCUT2D eigenvalue weighted by Crippen LogP contribution is -2.29. The van der Waals surface area contributed by atoms with Gasteiger partial charge in [-0.2, -0.15) is 10.4 Å². The topological polar surface area (TPSA) is 114 Å². The van der Waals surface area contributed by atoms with Crippen molar-refractivity contribution in [3.8, 4) is 23.0 Å². The summed E-state index contributed by atoms with van der Waals surface area (Å²) in [5.41, 5.74) is 3.85. The van der Waals surface area contributed by atoms with Crippen LogP contribution in [-0.4, -0.2) is 33.0 Å². The highest BCUT2D eigenvalue weighted by Gasteiger charge is 2.37. The van der Waals surface area contributed by atoms with Crippen LogP contribution in [0.1, 0.15) is 52.7 Å². The highest BCUT2D eigenvalue weighted by Crippen LogP contribution is 2.41. The van der Waals surface area contributed by atoms with Crippen molar-refractivity contribution in [3.63, 3.8) is 0 Å². The molecule has 1 N–H and O–H groups in total. The number of hydrogen-bond acceptors (Lipinski definition) is 6. The molecule has 1 unspecified atom stereocenters. The van der Waals surface area contributed by atoms with Gasteiger partial charge in [-0.05, 0) is 62.7 Å². The Morgan fingerprint density at radius 1 is 1.00 bits per heavy atom. The molecular weight excluding hydrogens is 492 g/mol. The Kier molecular flexibility index (Phi) is 6.59. The third-order valence-electron chi connectivity index (χ3n) is 6.28. The minimum Gasteiger partial charge on any atom is -0.456 e. The number of nitrogens with one attached hydrogen (secondary N) is 1. The Morgan fingerprint density at radius 3 is 2.31 bits per heavy atom. The van der Waals surface area contributed by atoms with Gasteiger partial charge in [0.2, 0.25) is 11.7 Å². The van der Waals surface area contributed by atoms with Gasteiger partial charge in [-0.25, -0.2) is 9.48 Å². The van der Waals surface area contributed by atoms with Gasteiger partial charge >= 0.3 is 5.97 Å². The number of rotatable bonds is 6. The molecule has 1 heterocycles. The van der Waals surface area contributed by atoms with Gasteiger partial charge in [0, 0.05) is 23.2 Å². The third-order valence-corrected chi connectivity index (χ3v) is 6.28. The second kappa shape index (κ2) is 10.0. The van der Waals surface area contributed by atoms with Crippen molar-refractivity contribution >= 4 is 23.3 Å². The Hall–Kier alpha value is -5.03. The molecule has 8 nitrogen and oxygen atoms in total. The number of hydrogen-bond donors (Lipinski definition) is 1. The lowest BCUT2D eigenvalue weighted by atomic mass is 9.98. The number of ether oxygens (including phenoxy) is 1. The van der Waals surface area contributed by atoms with Crippen LogP contribution in [0.2, 0.25) is 0 Å². The minimum absolute atomic E-state index is 0.0543. The van der Waals surface area contributed by atoms with E-state index >= 15 is 0 Å². The molecule has 1 atom stereocenters. The van der Waals surface area contributed by atoms with Crippen LogP contribution in [0, 0.1) is 17.2 Å². The summed E-state index contributed by atoms with van der Waals surface area (Å²) in [4.78, 5) is 39.4. The summed E-state index contributed by atoms with van der Waals surface area (Å²) in [5, 5.41) is 17.1. The number of fused-ring (bicyclic) bond motifs is 3. The number of para-hydroxylation sites is 2. The van der Waals surface area contributed by atoms with E-state index in [9.17, 15) is 19.6 Å². The van der Waals surface area contributed by atoms with Gasteiger partial charge in [-0.3, -0.25) is 9.59 Å². The Bertz CT molecular complexity index is 1630. The third kappa shape index (κ3) is 5.07. The number of esters is 1. The second-order valence-corrected chi connectivity index (χ2v) is 10.3. The van der Waals surface area contributed by atoms with Crippen molar-refractivity contribution in [3.05, 3.63) is 101 Å². The summed E-state index contributed by atoms with van der Waals surface area (Å²) in [6, 6.07) is 25.0. The highest BCUT2D eigenvalue weighted by atomic mass is 16.6. The van der Waals surface area contributed by atoms with E-state index in [2.05, 4.69) is 10.4 Å². The normalized spacial score (nSPS) is 12.6. The van der Waals surface area contributed by atoms with E-state index in [0.717, 1.165) is 11.1 Å². The van der Waals surface area contributed by atoms with Crippen LogP contribution in [0.25, 0.3) is 16.9 Å². The van der Waals surface area contributed by atoms with E-state index in [0.29, 0.717) is 34.6 Å². The molecule has 194 valence electrons. The van der Waals surface area contributed by atoms with E-state index in [-0.39, 0.29) is 5.69 Å². The lowest BCUT2D eigenvalue weighted by molar-refractivity contribution is -0.117. The molecule has 0 spiro atoms. The summed E-state index contributed by atoms with van der Waals surface area (Å²) < 4.78 is 7.19. The second-order valence-electron chi connectivity index (χ2n) is 10.3. The van der Waals surface area contributed by atoms with Gasteiger partial charge in [-0.15, -0.1) is 0 Å². The number of anilines is 1. The Morgan fingerprint density at radius 2 is 1.67 bits per heavy atom. The zero-order valence-electron chi connectivity index (χ0n) is 21.8. The average Bonchev–Trinajstić information content (AvgIpc) is 3.46. The van der Waals surface area contributed by atoms with Crippen LogP contribution in [-0.2, 0) is 16.0 Å². The fraction of sp³-hybridized carbons (Fsp3) is 0.194. The van der Waals surface area contributed by atoms with E-state index in [1.807, 2.05) is 42.5 Å². The number of nitriles is 1. The van der Waals surface area contributed by atoms with E-state index in [1.165, 1.54) is 0 Å². The molecule has 4 aromatic rings. The van der Waals surface area contributed by atoms with Gasteiger partial charge in [0.15, 0.2) is 5.92 Å². The van der Waals surface area contributed by atoms with E-state index < -0.39 is 29.2 Å². The van der Waals surface area contributed by atoms with E-state index in [1.54, 1.807) is 67.9 Å². The van der Waals surface area contributed by atoms with Crippen molar-refractivity contribution in [1.29, 1.82) is 5.26 Å². The molecule has 0 fully saturated rings. The number of nitrogens with zero attached hydrogens (tertiary/aromatic N) is 3. The molecule has 0 saturated carbocycles. The largest absolute Gasteiger partial charge is 0.456 e. The molecular formula is C31H26N4O4. The molecule has 39 heavy (non-hydrogen) atoms. The molecule has 0 radical (unpaired) electrons. The zero-order valence-corrected chi connectivity index (χ0v) is 21.8. The molecule has 8 heteroatoms. The molecule has 1 aromatic heterocycles. The van der Waals surface area contributed by atoms with Crippen LogP contribution in [0.5, 0.6) is 0 Å². The summed E-state index contributed by atoms with van der Waals surface area (Å²) in [6.45, 7) is 5.41. The monoisotopic (exact) mass is 518 g/mol. The Labute approximate surface area is 225 Å². The first-order chi connectivity index (χ1) is 18.7. The standard InChI is InChI=1S/C31H26N4O4/c1-31(2,3)39-30(38)20-15-14-19-16-24-26(28(36)25(18-32)29(37)33-21-10-6-4-7-11-21)34-35(27(24)23(19)17-20)22-12-8-5-9-13-22/h4-15,17,25H,16H2,1-3H3,(H,33,37). The number of benzene rings is 3. The maximum atomic E-state index is 13.7. The first-order valence-electron chi connectivity index (χ1n) is 12.5. The SMILES string of the molecule is CC(C)(C)OC(=O)c1ccc2c(c1)-c1c(c(C(=O)C(C#N)C(=O)Nc3ccccc3)nn1-c1ccccc1)C2. The molecule has 1 amide bonds. The number of amides is 1. The number of carbonyl (C=O) groups is 3. The van der Waals surface area contributed by atoms with Crippen LogP contribution in [0.4, 0.5) is 5.69 Å². The summed E-state index contributed by atoms with van der Waals surface area (Å²) in [7, 11) is 0. The van der Waals surface area contributed by atoms with Crippen molar-refractivity contribution in [1.82, 2.24) is 9.78 Å². The molecule has 0 bridgehead atoms. The highest BCUT2D eigenvalue weighted by molar-refractivity contribution is 6.16. The van der Waals surface area contributed by atoms with Gasteiger partial charge in [-0.1, -0.05) is 42.5 Å². The van der Waals surface area contributed by atoms with Crippen molar-refractivity contribution in [2.75, 3.05) is 5.32 Å². The lowest BCUT2D eigenvalue weighted by Gasteiger charge is -2.19. The predicted octanol–water partition coefficient (Wildman–Crippen LogP) is 5.36. The summed E-state index contributed by atoms with van der Waals surface area (Å²) in [5.74, 6) is -3.45. The fourth-order valence-corrected chi connectivity index (χ4v) is 4.56. The quantitative estimate of drug-likeness (QED) is 0.184. The van der Waals surface area contributed by atoms with Crippen molar-refractivity contribution < 1.29 is 19.1 Å². The minimum atomic E-state index is -1.59. The van der Waals surface area contributed by atoms with Crippen LogP contribution >= 0.6 is 0 Å².